The summed E-state index contributed by atoms with van der Waals surface area (Å²) in [5.41, 5.74) is 3.40. The summed E-state index contributed by atoms with van der Waals surface area (Å²) in [6.45, 7) is 5.83. The van der Waals surface area contributed by atoms with Crippen molar-refractivity contribution in [2.45, 2.75) is 26.9 Å². The van der Waals surface area contributed by atoms with Crippen LogP contribution in [0, 0.1) is 6.92 Å². The third kappa shape index (κ3) is 2.46. The maximum atomic E-state index is 4.47. The van der Waals surface area contributed by atoms with Crippen molar-refractivity contribution in [1.29, 1.82) is 0 Å². The fraction of sp³-hybridized carbons (Fsp3) is 0.286. The van der Waals surface area contributed by atoms with Crippen LogP contribution in [0.4, 0.5) is 5.69 Å². The van der Waals surface area contributed by atoms with Crippen molar-refractivity contribution < 1.29 is 0 Å². The van der Waals surface area contributed by atoms with Crippen LogP contribution in [-0.4, -0.2) is 14.8 Å². The molecule has 0 saturated heterocycles. The number of thiazole rings is 1. The molecule has 19 heavy (non-hydrogen) atoms. The van der Waals surface area contributed by atoms with Gasteiger partial charge < -0.3 is 5.32 Å². The van der Waals surface area contributed by atoms with Crippen molar-refractivity contribution in [3.05, 3.63) is 41.2 Å². The van der Waals surface area contributed by atoms with Gasteiger partial charge in [0.2, 0.25) is 0 Å². The van der Waals surface area contributed by atoms with Gasteiger partial charge >= 0.3 is 0 Å². The lowest BCUT2D eigenvalue weighted by Crippen LogP contribution is -2.07. The van der Waals surface area contributed by atoms with Crippen LogP contribution in [0.1, 0.15) is 17.6 Å². The first-order valence-electron chi connectivity index (χ1n) is 6.38. The summed E-state index contributed by atoms with van der Waals surface area (Å²) in [4.78, 5) is 4.47. The first-order valence-corrected chi connectivity index (χ1v) is 7.19. The first kappa shape index (κ1) is 12.2. The van der Waals surface area contributed by atoms with Crippen LogP contribution in [0.5, 0.6) is 0 Å². The van der Waals surface area contributed by atoms with Crippen molar-refractivity contribution in [3.63, 3.8) is 0 Å². The van der Waals surface area contributed by atoms with E-state index in [-0.39, 0.29) is 0 Å². The van der Waals surface area contributed by atoms with Crippen LogP contribution >= 0.6 is 11.3 Å². The van der Waals surface area contributed by atoms with Crippen molar-refractivity contribution in [2.24, 2.45) is 0 Å². The summed E-state index contributed by atoms with van der Waals surface area (Å²) in [7, 11) is 0. The summed E-state index contributed by atoms with van der Waals surface area (Å²) in [5, 5.41) is 8.82. The van der Waals surface area contributed by atoms with Gasteiger partial charge in [-0.25, -0.2) is 4.98 Å². The van der Waals surface area contributed by atoms with Gasteiger partial charge in [0.25, 0.3) is 0 Å². The van der Waals surface area contributed by atoms with Crippen molar-refractivity contribution in [2.75, 3.05) is 5.32 Å². The van der Waals surface area contributed by atoms with Crippen LogP contribution in [0.15, 0.2) is 30.5 Å². The van der Waals surface area contributed by atoms with E-state index < -0.39 is 0 Å². The van der Waals surface area contributed by atoms with Gasteiger partial charge in [-0.15, -0.1) is 11.3 Å². The number of nitrogens with zero attached hydrogens (tertiary/aromatic N) is 3. The fourth-order valence-electron chi connectivity index (χ4n) is 2.14. The van der Waals surface area contributed by atoms with Gasteiger partial charge in [0.05, 0.1) is 27.5 Å². The normalized spacial score (nSPS) is 11.1. The lowest BCUT2D eigenvalue weighted by molar-refractivity contribution is 0.627. The van der Waals surface area contributed by atoms with E-state index in [9.17, 15) is 0 Å². The molecule has 5 heteroatoms. The molecule has 0 saturated carbocycles. The molecule has 0 aliphatic carbocycles. The molecule has 2 heterocycles. The highest BCUT2D eigenvalue weighted by Gasteiger charge is 2.03. The summed E-state index contributed by atoms with van der Waals surface area (Å²) >= 11 is 1.73. The number of hydrogen-bond acceptors (Lipinski definition) is 4. The quantitative estimate of drug-likeness (QED) is 0.791. The molecule has 98 valence electrons. The Morgan fingerprint density at radius 3 is 3.05 bits per heavy atom. The van der Waals surface area contributed by atoms with Gasteiger partial charge in [-0.05, 0) is 38.1 Å². The smallest absolute Gasteiger partial charge is 0.0907 e. The van der Waals surface area contributed by atoms with E-state index >= 15 is 0 Å². The van der Waals surface area contributed by atoms with Crippen LogP contribution in [0.3, 0.4) is 0 Å². The number of rotatable bonds is 4. The predicted molar refractivity (Wildman–Crippen MR) is 79.6 cm³/mol. The zero-order valence-corrected chi connectivity index (χ0v) is 11.9. The van der Waals surface area contributed by atoms with Crippen LogP contribution in [-0.2, 0) is 13.1 Å². The molecule has 1 aromatic carbocycles. The Bertz CT molecular complexity index is 698. The molecule has 2 aromatic heterocycles. The lowest BCUT2D eigenvalue weighted by atomic mass is 10.3. The lowest BCUT2D eigenvalue weighted by Gasteiger charge is -2.08. The van der Waals surface area contributed by atoms with Crippen molar-refractivity contribution in [3.8, 4) is 0 Å². The second-order valence-corrected chi connectivity index (χ2v) is 5.64. The Morgan fingerprint density at radius 1 is 1.32 bits per heavy atom. The topological polar surface area (TPSA) is 42.7 Å². The highest BCUT2D eigenvalue weighted by molar-refractivity contribution is 7.18. The number of anilines is 1. The Labute approximate surface area is 116 Å². The Hall–Kier alpha value is -1.88. The summed E-state index contributed by atoms with van der Waals surface area (Å²) in [5.74, 6) is 0. The van der Waals surface area contributed by atoms with Crippen LogP contribution < -0.4 is 5.32 Å². The average molecular weight is 272 g/mol. The molecule has 1 N–H and O–H groups in total. The monoisotopic (exact) mass is 272 g/mol. The minimum Gasteiger partial charge on any atom is -0.379 e. The highest BCUT2D eigenvalue weighted by atomic mass is 32.1. The second-order valence-electron chi connectivity index (χ2n) is 4.41. The molecule has 0 aliphatic rings. The Kier molecular flexibility index (Phi) is 3.21. The maximum absolute atomic E-state index is 4.47. The number of nitrogens with one attached hydrogen (secondary N) is 1. The average Bonchev–Trinajstić information content (AvgIpc) is 3.00. The first-order chi connectivity index (χ1) is 9.26. The number of aryl methyl sites for hydroxylation is 2. The number of hydrogen-bond donors (Lipinski definition) is 1. The molecule has 0 aliphatic heterocycles. The van der Waals surface area contributed by atoms with Crippen molar-refractivity contribution in [1.82, 2.24) is 14.8 Å². The Balaban J connectivity index is 1.78. The number of benzene rings is 1. The van der Waals surface area contributed by atoms with E-state index in [1.165, 1.54) is 10.4 Å². The molecule has 3 aromatic rings. The zero-order valence-electron chi connectivity index (χ0n) is 11.1. The van der Waals surface area contributed by atoms with Gasteiger partial charge in [-0.3, -0.25) is 4.68 Å². The molecule has 0 radical (unpaired) electrons. The van der Waals surface area contributed by atoms with E-state index in [0.717, 1.165) is 29.3 Å². The van der Waals surface area contributed by atoms with E-state index in [2.05, 4.69) is 40.5 Å². The van der Waals surface area contributed by atoms with E-state index in [1.807, 2.05) is 23.9 Å². The van der Waals surface area contributed by atoms with Crippen molar-refractivity contribution >= 4 is 27.2 Å². The summed E-state index contributed by atoms with van der Waals surface area (Å²) in [6.07, 6.45) is 1.84. The van der Waals surface area contributed by atoms with Gasteiger partial charge in [-0.1, -0.05) is 0 Å². The van der Waals surface area contributed by atoms with Gasteiger partial charge in [0, 0.05) is 18.4 Å². The minimum absolute atomic E-state index is 0.789. The SMILES string of the molecule is CCn1nccc1CNc1ccc2nc(C)sc2c1. The Morgan fingerprint density at radius 2 is 2.21 bits per heavy atom. The summed E-state index contributed by atoms with van der Waals surface area (Å²) in [6, 6.07) is 8.35. The highest BCUT2D eigenvalue weighted by Crippen LogP contribution is 2.24. The standard InChI is InChI=1S/C14H16N4S/c1-3-18-12(6-7-16-18)9-15-11-4-5-13-14(8-11)19-10(2)17-13/h4-8,15H,3,9H2,1-2H3. The van der Waals surface area contributed by atoms with E-state index in [0.29, 0.717) is 0 Å². The van der Waals surface area contributed by atoms with Crippen LogP contribution in [0.2, 0.25) is 0 Å². The molecule has 4 nitrogen and oxygen atoms in total. The molecule has 0 bridgehead atoms. The number of aromatic nitrogens is 3. The summed E-state index contributed by atoms with van der Waals surface area (Å²) < 4.78 is 3.23. The molecule has 0 fully saturated rings. The largest absolute Gasteiger partial charge is 0.379 e. The fourth-order valence-corrected chi connectivity index (χ4v) is 3.00. The molecule has 0 atom stereocenters. The maximum Gasteiger partial charge on any atom is 0.0907 e. The minimum atomic E-state index is 0.789. The third-order valence-electron chi connectivity index (χ3n) is 3.07. The third-order valence-corrected chi connectivity index (χ3v) is 4.01. The van der Waals surface area contributed by atoms with E-state index in [1.54, 1.807) is 11.3 Å². The zero-order chi connectivity index (χ0) is 13.2. The predicted octanol–water partition coefficient (Wildman–Crippen LogP) is 3.43. The molecule has 3 rings (SSSR count). The molecule has 0 unspecified atom stereocenters. The van der Waals surface area contributed by atoms with E-state index in [4.69, 9.17) is 0 Å². The molecular formula is C14H16N4S. The van der Waals surface area contributed by atoms with Crippen LogP contribution in [0.25, 0.3) is 10.2 Å². The van der Waals surface area contributed by atoms with Gasteiger partial charge in [0.15, 0.2) is 0 Å². The molecular weight excluding hydrogens is 256 g/mol. The van der Waals surface area contributed by atoms with Gasteiger partial charge in [-0.2, -0.15) is 5.10 Å². The molecule has 0 amide bonds. The van der Waals surface area contributed by atoms with Gasteiger partial charge in [0.1, 0.15) is 0 Å². The molecule has 0 spiro atoms. The number of fused-ring (bicyclic) bond motifs is 1. The second kappa shape index (κ2) is 5.01.